The summed E-state index contributed by atoms with van der Waals surface area (Å²) in [6.07, 6.45) is 0.329. The minimum atomic E-state index is -0.772. The molecule has 3 aromatic rings. The number of nitrogens with one attached hydrogen (secondary N) is 1. The first kappa shape index (κ1) is 27.2. The molecule has 9 heteroatoms. The Morgan fingerprint density at radius 2 is 1.73 bits per heavy atom. The smallest absolute Gasteiger partial charge is 0.311 e. The number of carbonyl (C=O) groups is 2. The molecule has 0 aliphatic rings. The van der Waals surface area contributed by atoms with E-state index in [9.17, 15) is 19.7 Å². The number of hydrogen-bond donors (Lipinski definition) is 1. The van der Waals surface area contributed by atoms with E-state index in [4.69, 9.17) is 9.47 Å². The topological polar surface area (TPSA) is 111 Å². The van der Waals surface area contributed by atoms with Crippen molar-refractivity contribution in [3.63, 3.8) is 0 Å². The summed E-state index contributed by atoms with van der Waals surface area (Å²) in [6, 6.07) is 20.5. The fraction of sp³-hybridized carbons (Fsp3) is 0.286. The third kappa shape index (κ3) is 7.54. The lowest BCUT2D eigenvalue weighted by atomic mass is 10.0. The molecular formula is C28H31N3O6. The van der Waals surface area contributed by atoms with Crippen LogP contribution in [0.1, 0.15) is 23.6 Å². The number of hydrogen-bond acceptors (Lipinski definition) is 6. The van der Waals surface area contributed by atoms with Crippen molar-refractivity contribution in [2.45, 2.75) is 32.9 Å². The SMILES string of the molecule is CCNC(=O)C(Cc1ccccc1)N(Cc1ccc(C)cc1)C(=O)COc1ccc([N+](=O)[O-])c(OC)c1. The zero-order valence-corrected chi connectivity index (χ0v) is 21.2. The third-order valence-electron chi connectivity index (χ3n) is 5.81. The van der Waals surface area contributed by atoms with E-state index in [1.807, 2.05) is 68.4 Å². The highest BCUT2D eigenvalue weighted by atomic mass is 16.6. The molecule has 3 rings (SSSR count). The van der Waals surface area contributed by atoms with E-state index in [2.05, 4.69) is 5.32 Å². The zero-order valence-electron chi connectivity index (χ0n) is 21.2. The van der Waals surface area contributed by atoms with Crippen LogP contribution in [0.15, 0.2) is 72.8 Å². The maximum atomic E-state index is 13.5. The van der Waals surface area contributed by atoms with Crippen LogP contribution in [0.2, 0.25) is 0 Å². The van der Waals surface area contributed by atoms with Gasteiger partial charge in [0.05, 0.1) is 12.0 Å². The molecule has 0 saturated heterocycles. The van der Waals surface area contributed by atoms with Gasteiger partial charge in [0.1, 0.15) is 11.8 Å². The van der Waals surface area contributed by atoms with Gasteiger partial charge in [0, 0.05) is 31.6 Å². The number of rotatable bonds is 12. The summed E-state index contributed by atoms with van der Waals surface area (Å²) >= 11 is 0. The van der Waals surface area contributed by atoms with Crippen molar-refractivity contribution in [3.05, 3.63) is 99.6 Å². The molecule has 0 aromatic heterocycles. The minimum absolute atomic E-state index is 0.0238. The van der Waals surface area contributed by atoms with Crippen LogP contribution in [-0.4, -0.2) is 47.9 Å². The summed E-state index contributed by atoms with van der Waals surface area (Å²) in [6.45, 7) is 4.08. The maximum absolute atomic E-state index is 13.5. The molecular weight excluding hydrogens is 474 g/mol. The monoisotopic (exact) mass is 505 g/mol. The number of nitro benzene ring substituents is 1. The number of nitro groups is 1. The number of amides is 2. The van der Waals surface area contributed by atoms with E-state index < -0.39 is 16.9 Å². The van der Waals surface area contributed by atoms with Crippen LogP contribution in [-0.2, 0) is 22.6 Å². The summed E-state index contributed by atoms with van der Waals surface area (Å²) in [5, 5.41) is 14.0. The Kier molecular flexibility index (Phi) is 9.60. The van der Waals surface area contributed by atoms with Crippen molar-refractivity contribution in [2.24, 2.45) is 0 Å². The van der Waals surface area contributed by atoms with Crippen LogP contribution in [0.3, 0.4) is 0 Å². The fourth-order valence-corrected chi connectivity index (χ4v) is 3.86. The second-order valence-electron chi connectivity index (χ2n) is 8.49. The normalized spacial score (nSPS) is 11.3. The predicted molar refractivity (Wildman–Crippen MR) is 139 cm³/mol. The molecule has 194 valence electrons. The summed E-state index contributed by atoms with van der Waals surface area (Å²) in [4.78, 5) is 38.8. The molecule has 1 N–H and O–H groups in total. The van der Waals surface area contributed by atoms with E-state index in [1.54, 1.807) is 0 Å². The number of benzene rings is 3. The molecule has 0 radical (unpaired) electrons. The molecule has 1 atom stereocenters. The first-order chi connectivity index (χ1) is 17.8. The molecule has 0 saturated carbocycles. The van der Waals surface area contributed by atoms with Gasteiger partial charge in [-0.15, -0.1) is 0 Å². The van der Waals surface area contributed by atoms with E-state index in [0.717, 1.165) is 16.7 Å². The Bertz CT molecular complexity index is 1210. The first-order valence-corrected chi connectivity index (χ1v) is 11.9. The van der Waals surface area contributed by atoms with Gasteiger partial charge in [-0.25, -0.2) is 0 Å². The highest BCUT2D eigenvalue weighted by Crippen LogP contribution is 2.30. The molecule has 3 aromatic carbocycles. The number of likely N-dealkylation sites (N-methyl/N-ethyl adjacent to an activating group) is 1. The van der Waals surface area contributed by atoms with Gasteiger partial charge in [0.15, 0.2) is 6.61 Å². The van der Waals surface area contributed by atoms with Gasteiger partial charge >= 0.3 is 5.69 Å². The Morgan fingerprint density at radius 3 is 2.35 bits per heavy atom. The van der Waals surface area contributed by atoms with Crippen molar-refractivity contribution in [1.29, 1.82) is 0 Å². The summed E-state index contributed by atoms with van der Waals surface area (Å²) in [5.74, 6) is -0.395. The van der Waals surface area contributed by atoms with Crippen LogP contribution in [0.4, 0.5) is 5.69 Å². The number of ether oxygens (including phenoxy) is 2. The Morgan fingerprint density at radius 1 is 1.03 bits per heavy atom. The largest absolute Gasteiger partial charge is 0.490 e. The van der Waals surface area contributed by atoms with Crippen LogP contribution in [0.5, 0.6) is 11.5 Å². The lowest BCUT2D eigenvalue weighted by Crippen LogP contribution is -2.51. The van der Waals surface area contributed by atoms with Crippen molar-refractivity contribution in [2.75, 3.05) is 20.3 Å². The molecule has 0 bridgehead atoms. The zero-order chi connectivity index (χ0) is 26.8. The molecule has 0 heterocycles. The van der Waals surface area contributed by atoms with Gasteiger partial charge in [-0.1, -0.05) is 60.2 Å². The van der Waals surface area contributed by atoms with Crippen molar-refractivity contribution < 1.29 is 24.0 Å². The quantitative estimate of drug-likeness (QED) is 0.293. The van der Waals surface area contributed by atoms with Crippen molar-refractivity contribution >= 4 is 17.5 Å². The van der Waals surface area contributed by atoms with Crippen LogP contribution >= 0.6 is 0 Å². The van der Waals surface area contributed by atoms with E-state index in [-0.39, 0.29) is 36.2 Å². The molecule has 0 aliphatic carbocycles. The third-order valence-corrected chi connectivity index (χ3v) is 5.81. The lowest BCUT2D eigenvalue weighted by molar-refractivity contribution is -0.385. The lowest BCUT2D eigenvalue weighted by Gasteiger charge is -2.31. The fourth-order valence-electron chi connectivity index (χ4n) is 3.86. The minimum Gasteiger partial charge on any atom is -0.490 e. The number of methoxy groups -OCH3 is 1. The van der Waals surface area contributed by atoms with Crippen LogP contribution in [0, 0.1) is 17.0 Å². The summed E-state index contributed by atoms with van der Waals surface area (Å²) in [5.41, 5.74) is 2.67. The molecule has 0 spiro atoms. The Labute approximate surface area is 216 Å². The molecule has 0 aliphatic heterocycles. The van der Waals surface area contributed by atoms with E-state index in [0.29, 0.717) is 13.0 Å². The highest BCUT2D eigenvalue weighted by molar-refractivity contribution is 5.88. The van der Waals surface area contributed by atoms with E-state index >= 15 is 0 Å². The van der Waals surface area contributed by atoms with Gasteiger partial charge in [0.2, 0.25) is 11.7 Å². The summed E-state index contributed by atoms with van der Waals surface area (Å²) in [7, 11) is 1.32. The molecule has 0 fully saturated rings. The summed E-state index contributed by atoms with van der Waals surface area (Å²) < 4.78 is 10.8. The highest BCUT2D eigenvalue weighted by Gasteiger charge is 2.30. The molecule has 1 unspecified atom stereocenters. The number of aryl methyl sites for hydroxylation is 1. The standard InChI is InChI=1S/C28H31N3O6/c1-4-29-28(33)25(16-21-8-6-5-7-9-21)30(18-22-12-10-20(2)11-13-22)27(32)19-37-23-14-15-24(31(34)35)26(17-23)36-3/h5-15,17,25H,4,16,18-19H2,1-3H3,(H,29,33). The molecule has 37 heavy (non-hydrogen) atoms. The predicted octanol–water partition coefficient (Wildman–Crippen LogP) is 4.07. The average Bonchev–Trinajstić information content (AvgIpc) is 2.90. The van der Waals surface area contributed by atoms with Crippen molar-refractivity contribution in [1.82, 2.24) is 10.2 Å². The maximum Gasteiger partial charge on any atom is 0.311 e. The van der Waals surface area contributed by atoms with Gasteiger partial charge in [-0.2, -0.15) is 0 Å². The van der Waals surface area contributed by atoms with Gasteiger partial charge in [0.25, 0.3) is 5.91 Å². The second-order valence-corrected chi connectivity index (χ2v) is 8.49. The number of carbonyl (C=O) groups excluding carboxylic acids is 2. The van der Waals surface area contributed by atoms with Gasteiger partial charge in [-0.3, -0.25) is 19.7 Å². The van der Waals surface area contributed by atoms with Gasteiger partial charge < -0.3 is 19.7 Å². The Hall–Kier alpha value is -4.40. The Balaban J connectivity index is 1.88. The van der Waals surface area contributed by atoms with Crippen molar-refractivity contribution in [3.8, 4) is 11.5 Å². The number of nitrogens with zero attached hydrogens (tertiary/aromatic N) is 2. The van der Waals surface area contributed by atoms with Gasteiger partial charge in [-0.05, 0) is 31.0 Å². The van der Waals surface area contributed by atoms with E-state index in [1.165, 1.54) is 30.2 Å². The van der Waals surface area contributed by atoms with Crippen LogP contribution in [0.25, 0.3) is 0 Å². The van der Waals surface area contributed by atoms with Crippen LogP contribution < -0.4 is 14.8 Å². The second kappa shape index (κ2) is 13.1. The average molecular weight is 506 g/mol. The molecule has 9 nitrogen and oxygen atoms in total. The molecule has 2 amide bonds. The first-order valence-electron chi connectivity index (χ1n) is 11.9.